The molecule has 3 N–H and O–H groups in total. The number of aliphatic hydroxyl groups excluding tert-OH is 2. The number of nitrogens with zero attached hydrogens (tertiary/aromatic N) is 1. The van der Waals surface area contributed by atoms with E-state index in [1.54, 1.807) is 6.20 Å². The molecule has 1 aromatic heterocycles. The molecule has 0 saturated carbocycles. The van der Waals surface area contributed by atoms with Gasteiger partial charge in [0.15, 0.2) is 0 Å². The standard InChI is InChI=1S/C12H20N2O2/c1-9(2)12(14-11(7-15)8-16)10-4-3-5-13-6-10/h3-6,9,11-12,14-16H,7-8H2,1-2H3. The highest BCUT2D eigenvalue weighted by Gasteiger charge is 2.19. The molecule has 0 amide bonds. The summed E-state index contributed by atoms with van der Waals surface area (Å²) in [5, 5.41) is 21.4. The Labute approximate surface area is 96.3 Å². The molecule has 1 rings (SSSR count). The summed E-state index contributed by atoms with van der Waals surface area (Å²) in [5.74, 6) is 0.366. The van der Waals surface area contributed by atoms with Gasteiger partial charge in [-0.15, -0.1) is 0 Å². The van der Waals surface area contributed by atoms with E-state index in [1.807, 2.05) is 18.3 Å². The van der Waals surface area contributed by atoms with Gasteiger partial charge < -0.3 is 15.5 Å². The average molecular weight is 224 g/mol. The average Bonchev–Trinajstić information content (AvgIpc) is 2.31. The van der Waals surface area contributed by atoms with Crippen molar-refractivity contribution < 1.29 is 10.2 Å². The van der Waals surface area contributed by atoms with E-state index in [4.69, 9.17) is 10.2 Å². The monoisotopic (exact) mass is 224 g/mol. The van der Waals surface area contributed by atoms with Crippen LogP contribution in [-0.4, -0.2) is 34.5 Å². The van der Waals surface area contributed by atoms with E-state index in [9.17, 15) is 0 Å². The number of aliphatic hydroxyl groups is 2. The van der Waals surface area contributed by atoms with Gasteiger partial charge in [0.1, 0.15) is 0 Å². The molecule has 16 heavy (non-hydrogen) atoms. The van der Waals surface area contributed by atoms with Crippen LogP contribution in [0.15, 0.2) is 24.5 Å². The summed E-state index contributed by atoms with van der Waals surface area (Å²) in [5.41, 5.74) is 1.07. The third-order valence-electron chi connectivity index (χ3n) is 2.57. The Morgan fingerprint density at radius 2 is 2.00 bits per heavy atom. The van der Waals surface area contributed by atoms with Crippen molar-refractivity contribution in [2.24, 2.45) is 5.92 Å². The lowest BCUT2D eigenvalue weighted by Crippen LogP contribution is -2.40. The molecule has 0 aliphatic rings. The normalized spacial score (nSPS) is 13.4. The third kappa shape index (κ3) is 3.56. The second-order valence-corrected chi connectivity index (χ2v) is 4.24. The number of hydrogen-bond acceptors (Lipinski definition) is 4. The van der Waals surface area contributed by atoms with E-state index in [0.717, 1.165) is 5.56 Å². The van der Waals surface area contributed by atoms with Crippen LogP contribution in [0.3, 0.4) is 0 Å². The molecule has 0 aliphatic heterocycles. The Bertz CT molecular complexity index is 286. The van der Waals surface area contributed by atoms with Gasteiger partial charge in [-0.1, -0.05) is 19.9 Å². The quantitative estimate of drug-likeness (QED) is 0.666. The molecular formula is C12H20N2O2. The molecule has 0 aromatic carbocycles. The molecule has 0 aliphatic carbocycles. The highest BCUT2D eigenvalue weighted by molar-refractivity contribution is 5.14. The Balaban J connectivity index is 2.76. The van der Waals surface area contributed by atoms with Gasteiger partial charge in [0, 0.05) is 18.4 Å². The van der Waals surface area contributed by atoms with Crippen LogP contribution in [-0.2, 0) is 0 Å². The molecule has 0 saturated heterocycles. The van der Waals surface area contributed by atoms with Crippen molar-refractivity contribution >= 4 is 0 Å². The summed E-state index contributed by atoms with van der Waals surface area (Å²) in [4.78, 5) is 4.08. The molecule has 90 valence electrons. The molecule has 0 radical (unpaired) electrons. The number of nitrogens with one attached hydrogen (secondary N) is 1. The van der Waals surface area contributed by atoms with Crippen molar-refractivity contribution in [3.8, 4) is 0 Å². The van der Waals surface area contributed by atoms with Crippen LogP contribution in [0.1, 0.15) is 25.5 Å². The number of rotatable bonds is 6. The Morgan fingerprint density at radius 1 is 1.31 bits per heavy atom. The molecule has 4 nitrogen and oxygen atoms in total. The second kappa shape index (κ2) is 6.58. The fourth-order valence-electron chi connectivity index (χ4n) is 1.65. The van der Waals surface area contributed by atoms with E-state index < -0.39 is 0 Å². The molecule has 1 heterocycles. The van der Waals surface area contributed by atoms with Crippen molar-refractivity contribution in [2.75, 3.05) is 13.2 Å². The molecule has 1 unspecified atom stereocenters. The topological polar surface area (TPSA) is 65.4 Å². The maximum atomic E-state index is 9.07. The SMILES string of the molecule is CC(C)C(NC(CO)CO)c1cccnc1. The first-order chi connectivity index (χ1) is 7.69. The summed E-state index contributed by atoms with van der Waals surface area (Å²) in [6.45, 7) is 4.05. The smallest absolute Gasteiger partial charge is 0.0607 e. The van der Waals surface area contributed by atoms with Crippen molar-refractivity contribution in [1.29, 1.82) is 0 Å². The van der Waals surface area contributed by atoms with Gasteiger partial charge in [0.05, 0.1) is 19.3 Å². The Morgan fingerprint density at radius 3 is 2.44 bits per heavy atom. The van der Waals surface area contributed by atoms with Gasteiger partial charge in [-0.05, 0) is 17.5 Å². The van der Waals surface area contributed by atoms with Crippen LogP contribution < -0.4 is 5.32 Å². The first-order valence-corrected chi connectivity index (χ1v) is 5.56. The van der Waals surface area contributed by atoms with Crippen LogP contribution in [0.2, 0.25) is 0 Å². The van der Waals surface area contributed by atoms with E-state index >= 15 is 0 Å². The summed E-state index contributed by atoms with van der Waals surface area (Å²) < 4.78 is 0. The molecular weight excluding hydrogens is 204 g/mol. The maximum absolute atomic E-state index is 9.07. The van der Waals surface area contributed by atoms with Crippen LogP contribution in [0.25, 0.3) is 0 Å². The van der Waals surface area contributed by atoms with Crippen molar-refractivity contribution in [3.63, 3.8) is 0 Å². The van der Waals surface area contributed by atoms with Gasteiger partial charge in [-0.2, -0.15) is 0 Å². The summed E-state index contributed by atoms with van der Waals surface area (Å²) in [6, 6.07) is 3.70. The number of hydrogen-bond donors (Lipinski definition) is 3. The molecule has 1 atom stereocenters. The molecule has 0 fully saturated rings. The third-order valence-corrected chi connectivity index (χ3v) is 2.57. The molecule has 0 spiro atoms. The molecule has 1 aromatic rings. The van der Waals surface area contributed by atoms with Crippen LogP contribution in [0, 0.1) is 5.92 Å². The molecule has 0 bridgehead atoms. The minimum Gasteiger partial charge on any atom is -0.395 e. The minimum atomic E-state index is -0.285. The van der Waals surface area contributed by atoms with Crippen molar-refractivity contribution in [3.05, 3.63) is 30.1 Å². The van der Waals surface area contributed by atoms with E-state index in [1.165, 1.54) is 0 Å². The number of pyridine rings is 1. The van der Waals surface area contributed by atoms with Gasteiger partial charge in [-0.3, -0.25) is 4.98 Å². The number of aromatic nitrogens is 1. The lowest BCUT2D eigenvalue weighted by molar-refractivity contribution is 0.154. The molecule has 4 heteroatoms. The second-order valence-electron chi connectivity index (χ2n) is 4.24. The van der Waals surface area contributed by atoms with Crippen molar-refractivity contribution in [2.45, 2.75) is 25.9 Å². The van der Waals surface area contributed by atoms with Gasteiger partial charge in [0.25, 0.3) is 0 Å². The predicted octanol–water partition coefficient (Wildman–Crippen LogP) is 0.721. The van der Waals surface area contributed by atoms with Crippen LogP contribution >= 0.6 is 0 Å². The zero-order chi connectivity index (χ0) is 12.0. The fourth-order valence-corrected chi connectivity index (χ4v) is 1.65. The zero-order valence-electron chi connectivity index (χ0n) is 9.80. The summed E-state index contributed by atoms with van der Waals surface area (Å²) >= 11 is 0. The van der Waals surface area contributed by atoms with Gasteiger partial charge in [0.2, 0.25) is 0 Å². The van der Waals surface area contributed by atoms with E-state index in [-0.39, 0.29) is 25.3 Å². The summed E-state index contributed by atoms with van der Waals surface area (Å²) in [7, 11) is 0. The van der Waals surface area contributed by atoms with E-state index in [0.29, 0.717) is 5.92 Å². The predicted molar refractivity (Wildman–Crippen MR) is 62.9 cm³/mol. The first kappa shape index (κ1) is 13.1. The fraction of sp³-hybridized carbons (Fsp3) is 0.583. The first-order valence-electron chi connectivity index (χ1n) is 5.56. The Hall–Kier alpha value is -0.970. The Kier molecular flexibility index (Phi) is 5.38. The highest BCUT2D eigenvalue weighted by Crippen LogP contribution is 2.21. The van der Waals surface area contributed by atoms with Crippen LogP contribution in [0.5, 0.6) is 0 Å². The van der Waals surface area contributed by atoms with Crippen LogP contribution in [0.4, 0.5) is 0 Å². The largest absolute Gasteiger partial charge is 0.395 e. The minimum absolute atomic E-state index is 0.0695. The summed E-state index contributed by atoms with van der Waals surface area (Å²) in [6.07, 6.45) is 3.54. The maximum Gasteiger partial charge on any atom is 0.0607 e. The highest BCUT2D eigenvalue weighted by atomic mass is 16.3. The van der Waals surface area contributed by atoms with Crippen molar-refractivity contribution in [1.82, 2.24) is 10.3 Å². The van der Waals surface area contributed by atoms with Gasteiger partial charge >= 0.3 is 0 Å². The lowest BCUT2D eigenvalue weighted by atomic mass is 9.96. The zero-order valence-corrected chi connectivity index (χ0v) is 9.80. The lowest BCUT2D eigenvalue weighted by Gasteiger charge is -2.26. The van der Waals surface area contributed by atoms with E-state index in [2.05, 4.69) is 24.1 Å². The van der Waals surface area contributed by atoms with Gasteiger partial charge in [-0.25, -0.2) is 0 Å².